The average molecular weight is 373 g/mol. The molecule has 0 aromatic heterocycles. The molecule has 0 unspecified atom stereocenters. The first-order valence-electron chi connectivity index (χ1n) is 10.7. The Bertz CT molecular complexity index is 540. The molecule has 1 aliphatic rings. The van der Waals surface area contributed by atoms with Crippen molar-refractivity contribution in [3.8, 4) is 0 Å². The molecule has 27 heavy (non-hydrogen) atoms. The average Bonchev–Trinajstić information content (AvgIpc) is 2.67. The number of carbonyl (C=O) groups excluding carboxylic acids is 1. The Balaban J connectivity index is 1.74. The number of esters is 1. The summed E-state index contributed by atoms with van der Waals surface area (Å²) in [5.74, 6) is -0.130. The number of hydrogen-bond donors (Lipinski definition) is 0. The first kappa shape index (κ1) is 21.7. The molecule has 0 aliphatic carbocycles. The van der Waals surface area contributed by atoms with E-state index in [0.717, 1.165) is 38.5 Å². The smallest absolute Gasteiger partial charge is 0.308 e. The first-order chi connectivity index (χ1) is 13.2. The summed E-state index contributed by atoms with van der Waals surface area (Å²) in [5.41, 5.74) is 1.27. The second kappa shape index (κ2) is 12.7. The molecule has 0 bridgehead atoms. The van der Waals surface area contributed by atoms with E-state index in [9.17, 15) is 4.79 Å². The number of benzene rings is 1. The minimum Gasteiger partial charge on any atom is -0.462 e. The monoisotopic (exact) mass is 372 g/mol. The molecule has 1 aliphatic heterocycles. The van der Waals surface area contributed by atoms with E-state index in [1.807, 2.05) is 24.3 Å². The van der Waals surface area contributed by atoms with Crippen LogP contribution in [0.25, 0.3) is 0 Å². The van der Waals surface area contributed by atoms with Gasteiger partial charge in [0.15, 0.2) is 0 Å². The SMILES string of the molecule is C=CC[C@H](CCc1ccccc1)OC(=O)C[C@H]1CCC[C@H](CCCCC)O1. The van der Waals surface area contributed by atoms with Crippen molar-refractivity contribution in [3.05, 3.63) is 48.6 Å². The molecule has 0 spiro atoms. The van der Waals surface area contributed by atoms with Crippen LogP contribution >= 0.6 is 0 Å². The van der Waals surface area contributed by atoms with Crippen LogP contribution in [-0.4, -0.2) is 24.3 Å². The Kier molecular flexibility index (Phi) is 10.2. The molecular formula is C24H36O3. The zero-order valence-electron chi connectivity index (χ0n) is 16.9. The molecule has 1 aromatic carbocycles. The van der Waals surface area contributed by atoms with Gasteiger partial charge < -0.3 is 9.47 Å². The number of ether oxygens (including phenoxy) is 2. The third kappa shape index (κ3) is 8.75. The van der Waals surface area contributed by atoms with Crippen LogP contribution < -0.4 is 0 Å². The van der Waals surface area contributed by atoms with Gasteiger partial charge in [-0.2, -0.15) is 0 Å². The molecule has 0 N–H and O–H groups in total. The lowest BCUT2D eigenvalue weighted by atomic mass is 9.98. The van der Waals surface area contributed by atoms with Gasteiger partial charge in [-0.25, -0.2) is 0 Å². The number of aryl methyl sites for hydroxylation is 1. The first-order valence-corrected chi connectivity index (χ1v) is 10.7. The standard InChI is InChI=1S/C24H36O3/c1-3-5-7-14-22-15-10-16-23(26-22)19-24(25)27-21(11-4-2)18-17-20-12-8-6-9-13-20/h4,6,8-9,12-13,21-23H,2-3,5,7,10-11,14-19H2,1H3/t21-,22+,23-/m1/s1. The normalized spacial score (nSPS) is 20.8. The minimum absolute atomic E-state index is 0.0244. The lowest BCUT2D eigenvalue weighted by Crippen LogP contribution is -2.31. The molecular weight excluding hydrogens is 336 g/mol. The zero-order valence-corrected chi connectivity index (χ0v) is 16.9. The molecule has 1 heterocycles. The van der Waals surface area contributed by atoms with Gasteiger partial charge in [0, 0.05) is 6.42 Å². The van der Waals surface area contributed by atoms with Crippen molar-refractivity contribution in [2.45, 2.75) is 95.9 Å². The number of rotatable bonds is 12. The molecule has 3 heteroatoms. The van der Waals surface area contributed by atoms with Crippen LogP contribution in [0.15, 0.2) is 43.0 Å². The molecule has 3 nitrogen and oxygen atoms in total. The maximum atomic E-state index is 12.4. The second-order valence-electron chi connectivity index (χ2n) is 7.67. The van der Waals surface area contributed by atoms with Crippen molar-refractivity contribution in [2.24, 2.45) is 0 Å². The molecule has 150 valence electrons. The summed E-state index contributed by atoms with van der Waals surface area (Å²) >= 11 is 0. The molecule has 1 aromatic rings. The largest absolute Gasteiger partial charge is 0.462 e. The Hall–Kier alpha value is -1.61. The van der Waals surface area contributed by atoms with Crippen molar-refractivity contribution in [1.82, 2.24) is 0 Å². The zero-order chi connectivity index (χ0) is 19.3. The van der Waals surface area contributed by atoms with Gasteiger partial charge in [-0.05, 0) is 44.1 Å². The highest BCUT2D eigenvalue weighted by Gasteiger charge is 2.25. The van der Waals surface area contributed by atoms with Gasteiger partial charge in [0.05, 0.1) is 18.6 Å². The van der Waals surface area contributed by atoms with Gasteiger partial charge in [0.2, 0.25) is 0 Å². The van der Waals surface area contributed by atoms with Gasteiger partial charge in [-0.15, -0.1) is 6.58 Å². The third-order valence-electron chi connectivity index (χ3n) is 5.29. The highest BCUT2D eigenvalue weighted by Crippen LogP contribution is 2.25. The van der Waals surface area contributed by atoms with Crippen LogP contribution in [0.3, 0.4) is 0 Å². The van der Waals surface area contributed by atoms with Crippen LogP contribution in [-0.2, 0) is 20.7 Å². The molecule has 3 atom stereocenters. The van der Waals surface area contributed by atoms with Gasteiger partial charge in [-0.3, -0.25) is 4.79 Å². The summed E-state index contributed by atoms with van der Waals surface area (Å²) in [4.78, 5) is 12.4. The molecule has 1 saturated heterocycles. The predicted octanol–water partition coefficient (Wildman–Crippen LogP) is 6.02. The summed E-state index contributed by atoms with van der Waals surface area (Å²) in [5, 5.41) is 0. The van der Waals surface area contributed by atoms with Gasteiger partial charge in [-0.1, -0.05) is 62.6 Å². The Morgan fingerprint density at radius 2 is 2.04 bits per heavy atom. The number of unbranched alkanes of at least 4 members (excludes halogenated alkanes) is 2. The van der Waals surface area contributed by atoms with Crippen LogP contribution in [0.1, 0.15) is 76.7 Å². The van der Waals surface area contributed by atoms with Crippen molar-refractivity contribution >= 4 is 5.97 Å². The van der Waals surface area contributed by atoms with E-state index < -0.39 is 0 Å². The summed E-state index contributed by atoms with van der Waals surface area (Å²) in [7, 11) is 0. The van der Waals surface area contributed by atoms with E-state index >= 15 is 0 Å². The fourth-order valence-corrected chi connectivity index (χ4v) is 3.77. The van der Waals surface area contributed by atoms with E-state index in [1.54, 1.807) is 0 Å². The molecule has 0 radical (unpaired) electrons. The highest BCUT2D eigenvalue weighted by atomic mass is 16.5. The molecule has 2 rings (SSSR count). The maximum absolute atomic E-state index is 12.4. The quantitative estimate of drug-likeness (QED) is 0.256. The Labute approximate surface area is 165 Å². The fourth-order valence-electron chi connectivity index (χ4n) is 3.77. The predicted molar refractivity (Wildman–Crippen MR) is 111 cm³/mol. The minimum atomic E-state index is -0.130. The lowest BCUT2D eigenvalue weighted by molar-refractivity contribution is -0.155. The van der Waals surface area contributed by atoms with Crippen molar-refractivity contribution in [2.75, 3.05) is 0 Å². The van der Waals surface area contributed by atoms with E-state index in [1.165, 1.54) is 24.8 Å². The highest BCUT2D eigenvalue weighted by molar-refractivity contribution is 5.70. The van der Waals surface area contributed by atoms with E-state index in [0.29, 0.717) is 18.9 Å². The second-order valence-corrected chi connectivity index (χ2v) is 7.67. The Morgan fingerprint density at radius 1 is 1.26 bits per heavy atom. The van der Waals surface area contributed by atoms with Gasteiger partial charge in [0.1, 0.15) is 6.10 Å². The number of hydrogen-bond acceptors (Lipinski definition) is 3. The van der Waals surface area contributed by atoms with Crippen molar-refractivity contribution < 1.29 is 14.3 Å². The van der Waals surface area contributed by atoms with Crippen LogP contribution in [0.5, 0.6) is 0 Å². The summed E-state index contributed by atoms with van der Waals surface area (Å²) in [6, 6.07) is 10.3. The summed E-state index contributed by atoms with van der Waals surface area (Å²) in [6.45, 7) is 6.03. The van der Waals surface area contributed by atoms with Crippen molar-refractivity contribution in [1.29, 1.82) is 0 Å². The van der Waals surface area contributed by atoms with Crippen LogP contribution in [0, 0.1) is 0 Å². The van der Waals surface area contributed by atoms with Gasteiger partial charge >= 0.3 is 5.97 Å². The Morgan fingerprint density at radius 3 is 2.78 bits per heavy atom. The van der Waals surface area contributed by atoms with Crippen LogP contribution in [0.4, 0.5) is 0 Å². The van der Waals surface area contributed by atoms with Gasteiger partial charge in [0.25, 0.3) is 0 Å². The number of carbonyl (C=O) groups is 1. The van der Waals surface area contributed by atoms with E-state index in [2.05, 4.69) is 25.6 Å². The molecule has 0 saturated carbocycles. The van der Waals surface area contributed by atoms with E-state index in [-0.39, 0.29) is 18.2 Å². The van der Waals surface area contributed by atoms with Crippen molar-refractivity contribution in [3.63, 3.8) is 0 Å². The molecule has 1 fully saturated rings. The third-order valence-corrected chi connectivity index (χ3v) is 5.29. The fraction of sp³-hybridized carbons (Fsp3) is 0.625. The maximum Gasteiger partial charge on any atom is 0.308 e. The summed E-state index contributed by atoms with van der Waals surface area (Å²) in [6.07, 6.45) is 13.0. The summed E-state index contributed by atoms with van der Waals surface area (Å²) < 4.78 is 11.9. The molecule has 0 amide bonds. The lowest BCUT2D eigenvalue weighted by Gasteiger charge is -2.30. The van der Waals surface area contributed by atoms with E-state index in [4.69, 9.17) is 9.47 Å². The topological polar surface area (TPSA) is 35.5 Å². The van der Waals surface area contributed by atoms with Crippen LogP contribution in [0.2, 0.25) is 0 Å².